The maximum Gasteiger partial charge on any atom is 0.212 e. The number of hydrogen-bond acceptors (Lipinski definition) is 3. The van der Waals surface area contributed by atoms with E-state index in [2.05, 4.69) is 4.98 Å². The first-order valence-corrected chi connectivity index (χ1v) is 7.42. The normalized spacial score (nSPS) is 11.1. The van der Waals surface area contributed by atoms with Crippen LogP contribution in [0.4, 0.5) is 4.39 Å². The molecule has 24 heavy (non-hydrogen) atoms. The van der Waals surface area contributed by atoms with Gasteiger partial charge < -0.3 is 4.74 Å². The molecular weight excluding hydrogens is 307 g/mol. The Morgan fingerprint density at radius 3 is 2.67 bits per heavy atom. The summed E-state index contributed by atoms with van der Waals surface area (Å²) in [4.78, 5) is 17.0. The number of carbonyl (C=O) groups excluding carboxylic acids is 1. The van der Waals surface area contributed by atoms with Crippen molar-refractivity contribution in [1.82, 2.24) is 9.38 Å². The Morgan fingerprint density at radius 1 is 1.12 bits per heavy atom. The van der Waals surface area contributed by atoms with Crippen molar-refractivity contribution in [2.75, 3.05) is 7.11 Å². The number of rotatable bonds is 3. The number of pyridine rings is 1. The first-order valence-electron chi connectivity index (χ1n) is 7.42. The van der Waals surface area contributed by atoms with E-state index >= 15 is 0 Å². The van der Waals surface area contributed by atoms with Crippen LogP contribution in [0.1, 0.15) is 16.1 Å². The van der Waals surface area contributed by atoms with Gasteiger partial charge in [0.2, 0.25) is 5.78 Å². The Bertz CT molecular complexity index is 1070. The van der Waals surface area contributed by atoms with E-state index in [1.54, 1.807) is 34.9 Å². The zero-order valence-corrected chi connectivity index (χ0v) is 12.9. The molecule has 4 rings (SSSR count). The Balaban J connectivity index is 1.95. The fourth-order valence-electron chi connectivity index (χ4n) is 2.82. The maximum atomic E-state index is 13.6. The van der Waals surface area contributed by atoms with Gasteiger partial charge in [0, 0.05) is 23.2 Å². The number of fused-ring (bicyclic) bond motifs is 3. The van der Waals surface area contributed by atoms with E-state index in [-0.39, 0.29) is 11.6 Å². The lowest BCUT2D eigenvalue weighted by Gasteiger charge is -2.07. The number of hydrogen-bond donors (Lipinski definition) is 0. The van der Waals surface area contributed by atoms with Crippen LogP contribution in [0.15, 0.2) is 60.8 Å². The summed E-state index contributed by atoms with van der Waals surface area (Å²) in [7, 11) is 1.52. The first kappa shape index (κ1) is 14.4. The number of aromatic nitrogens is 2. The van der Waals surface area contributed by atoms with Gasteiger partial charge in [0.15, 0.2) is 0 Å². The van der Waals surface area contributed by atoms with Crippen LogP contribution in [0.5, 0.6) is 5.75 Å². The third-order valence-corrected chi connectivity index (χ3v) is 3.97. The highest BCUT2D eigenvalue weighted by Gasteiger charge is 2.16. The monoisotopic (exact) mass is 320 g/mol. The second kappa shape index (κ2) is 5.45. The molecule has 0 fully saturated rings. The summed E-state index contributed by atoms with van der Waals surface area (Å²) in [6, 6.07) is 15.1. The fraction of sp³-hybridized carbons (Fsp3) is 0.0526. The van der Waals surface area contributed by atoms with E-state index in [4.69, 9.17) is 4.74 Å². The van der Waals surface area contributed by atoms with Gasteiger partial charge in [0.25, 0.3) is 0 Å². The highest BCUT2D eigenvalue weighted by Crippen LogP contribution is 2.29. The SMILES string of the molecule is COc1cc2nc(C(=O)c3ccccc3)cn2c2ccc(F)cc12. The smallest absolute Gasteiger partial charge is 0.212 e. The molecule has 0 saturated carbocycles. The van der Waals surface area contributed by atoms with Crippen LogP contribution in [-0.4, -0.2) is 22.3 Å². The molecule has 0 N–H and O–H groups in total. The fourth-order valence-corrected chi connectivity index (χ4v) is 2.82. The largest absolute Gasteiger partial charge is 0.496 e. The minimum absolute atomic E-state index is 0.159. The van der Waals surface area contributed by atoms with Gasteiger partial charge in [-0.3, -0.25) is 9.20 Å². The van der Waals surface area contributed by atoms with Crippen molar-refractivity contribution in [3.8, 4) is 5.75 Å². The van der Waals surface area contributed by atoms with E-state index in [1.165, 1.54) is 19.2 Å². The standard InChI is InChI=1S/C19H13FN2O2/c1-24-17-10-18-21-15(19(23)12-5-3-2-4-6-12)11-22(18)16-8-7-13(20)9-14(16)17/h2-11H,1H3. The number of benzene rings is 2. The number of methoxy groups -OCH3 is 1. The number of ketones is 1. The minimum atomic E-state index is -0.346. The number of halogens is 1. The molecule has 0 amide bonds. The molecule has 0 atom stereocenters. The van der Waals surface area contributed by atoms with Gasteiger partial charge in [-0.25, -0.2) is 9.37 Å². The topological polar surface area (TPSA) is 43.6 Å². The molecule has 5 heteroatoms. The molecule has 2 heterocycles. The summed E-state index contributed by atoms with van der Waals surface area (Å²) in [6.07, 6.45) is 1.67. The molecule has 0 saturated heterocycles. The van der Waals surface area contributed by atoms with E-state index in [0.717, 1.165) is 5.52 Å². The first-order chi connectivity index (χ1) is 11.7. The number of carbonyl (C=O) groups is 1. The second-order valence-electron chi connectivity index (χ2n) is 5.42. The summed E-state index contributed by atoms with van der Waals surface area (Å²) in [5.41, 5.74) is 2.21. The van der Waals surface area contributed by atoms with Crippen LogP contribution in [0.2, 0.25) is 0 Å². The van der Waals surface area contributed by atoms with Crippen LogP contribution < -0.4 is 4.74 Å². The van der Waals surface area contributed by atoms with Gasteiger partial charge >= 0.3 is 0 Å². The van der Waals surface area contributed by atoms with Crippen LogP contribution in [-0.2, 0) is 0 Å². The lowest BCUT2D eigenvalue weighted by Crippen LogP contribution is -2.00. The van der Waals surface area contributed by atoms with Crippen LogP contribution in [0, 0.1) is 5.82 Å². The Hall–Kier alpha value is -3.21. The highest BCUT2D eigenvalue weighted by molar-refractivity contribution is 6.08. The van der Waals surface area contributed by atoms with E-state index in [0.29, 0.717) is 28.0 Å². The number of ether oxygens (including phenoxy) is 1. The van der Waals surface area contributed by atoms with Crippen LogP contribution in [0.3, 0.4) is 0 Å². The molecule has 4 nitrogen and oxygen atoms in total. The highest BCUT2D eigenvalue weighted by atomic mass is 19.1. The van der Waals surface area contributed by atoms with Gasteiger partial charge in [-0.15, -0.1) is 0 Å². The van der Waals surface area contributed by atoms with Crippen molar-refractivity contribution >= 4 is 22.3 Å². The Labute approximate surface area is 137 Å². The summed E-state index contributed by atoms with van der Waals surface area (Å²) in [5.74, 6) is 0.00990. The number of imidazole rings is 1. The quantitative estimate of drug-likeness (QED) is 0.538. The van der Waals surface area contributed by atoms with Crippen molar-refractivity contribution in [2.45, 2.75) is 0 Å². The van der Waals surface area contributed by atoms with Crippen LogP contribution >= 0.6 is 0 Å². The zero-order chi connectivity index (χ0) is 16.7. The molecule has 2 aromatic carbocycles. The molecular formula is C19H13FN2O2. The zero-order valence-electron chi connectivity index (χ0n) is 12.9. The van der Waals surface area contributed by atoms with Crippen molar-refractivity contribution < 1.29 is 13.9 Å². The molecule has 0 aliphatic rings. The summed E-state index contributed by atoms with van der Waals surface area (Å²) < 4.78 is 20.7. The molecule has 2 aromatic heterocycles. The minimum Gasteiger partial charge on any atom is -0.496 e. The Morgan fingerprint density at radius 2 is 1.92 bits per heavy atom. The van der Waals surface area contributed by atoms with Crippen molar-refractivity contribution in [1.29, 1.82) is 0 Å². The molecule has 0 aliphatic heterocycles. The second-order valence-corrected chi connectivity index (χ2v) is 5.42. The van der Waals surface area contributed by atoms with Gasteiger partial charge in [-0.2, -0.15) is 0 Å². The number of nitrogens with zero attached hydrogens (tertiary/aromatic N) is 2. The predicted octanol–water partition coefficient (Wildman–Crippen LogP) is 3.87. The van der Waals surface area contributed by atoms with Crippen LogP contribution in [0.25, 0.3) is 16.6 Å². The summed E-state index contributed by atoms with van der Waals surface area (Å²) >= 11 is 0. The van der Waals surface area contributed by atoms with Crippen molar-refractivity contribution in [3.63, 3.8) is 0 Å². The molecule has 118 valence electrons. The molecule has 0 spiro atoms. The van der Waals surface area contributed by atoms with E-state index < -0.39 is 0 Å². The predicted molar refractivity (Wildman–Crippen MR) is 89.1 cm³/mol. The molecule has 0 aliphatic carbocycles. The van der Waals surface area contributed by atoms with Crippen molar-refractivity contribution in [2.24, 2.45) is 0 Å². The van der Waals surface area contributed by atoms with Gasteiger partial charge in [-0.05, 0) is 18.2 Å². The average Bonchev–Trinajstić information content (AvgIpc) is 3.05. The van der Waals surface area contributed by atoms with Gasteiger partial charge in [-0.1, -0.05) is 30.3 Å². The average molecular weight is 320 g/mol. The third kappa shape index (κ3) is 2.22. The molecule has 0 unspecified atom stereocenters. The van der Waals surface area contributed by atoms with Gasteiger partial charge in [0.1, 0.15) is 22.9 Å². The maximum absolute atomic E-state index is 13.6. The Kier molecular flexibility index (Phi) is 3.27. The molecule has 0 bridgehead atoms. The van der Waals surface area contributed by atoms with Gasteiger partial charge in [0.05, 0.1) is 12.6 Å². The lowest BCUT2D eigenvalue weighted by molar-refractivity contribution is 0.103. The third-order valence-electron chi connectivity index (χ3n) is 3.97. The molecule has 0 radical (unpaired) electrons. The lowest BCUT2D eigenvalue weighted by atomic mass is 10.1. The van der Waals surface area contributed by atoms with Crippen molar-refractivity contribution in [3.05, 3.63) is 77.9 Å². The van der Waals surface area contributed by atoms with E-state index in [9.17, 15) is 9.18 Å². The summed E-state index contributed by atoms with van der Waals surface area (Å²) in [6.45, 7) is 0. The van der Waals surface area contributed by atoms with E-state index in [1.807, 2.05) is 18.2 Å². The molecule has 4 aromatic rings. The summed E-state index contributed by atoms with van der Waals surface area (Å²) in [5, 5.41) is 0.626.